The first kappa shape index (κ1) is 10.0. The van der Waals surface area contributed by atoms with Crippen LogP contribution in [0.25, 0.3) is 0 Å². The van der Waals surface area contributed by atoms with Gasteiger partial charge in [0.15, 0.2) is 0 Å². The Morgan fingerprint density at radius 3 is 2.77 bits per heavy atom. The van der Waals surface area contributed by atoms with Gasteiger partial charge in [0.25, 0.3) is 5.22 Å². The quantitative estimate of drug-likeness (QED) is 0.742. The second kappa shape index (κ2) is 4.27. The number of aliphatic carboxylic acids is 1. The zero-order valence-corrected chi connectivity index (χ0v) is 8.17. The molecule has 1 heterocycles. The molecule has 0 fully saturated rings. The summed E-state index contributed by atoms with van der Waals surface area (Å²) >= 11 is 1.08. The number of hydrogen-bond acceptors (Lipinski definition) is 5. The zero-order chi connectivity index (χ0) is 9.84. The summed E-state index contributed by atoms with van der Waals surface area (Å²) in [6, 6.07) is 0. The van der Waals surface area contributed by atoms with Gasteiger partial charge in [-0.3, -0.25) is 4.79 Å². The highest BCUT2D eigenvalue weighted by Gasteiger charge is 2.19. The van der Waals surface area contributed by atoms with Crippen LogP contribution in [0, 0.1) is 6.92 Å². The number of carboxylic acids is 1. The van der Waals surface area contributed by atoms with Crippen molar-refractivity contribution in [1.29, 1.82) is 0 Å². The molecule has 0 aliphatic carbocycles. The number of carboxylic acid groups (broad SMARTS) is 1. The molecule has 1 N–H and O–H groups in total. The van der Waals surface area contributed by atoms with Gasteiger partial charge in [-0.1, -0.05) is 18.7 Å². The van der Waals surface area contributed by atoms with E-state index < -0.39 is 11.2 Å². The molecular formula is C7H10N2O3S. The lowest BCUT2D eigenvalue weighted by molar-refractivity contribution is -0.136. The second-order valence-electron chi connectivity index (χ2n) is 2.44. The number of hydrogen-bond donors (Lipinski definition) is 1. The molecule has 0 radical (unpaired) electrons. The van der Waals surface area contributed by atoms with Crippen LogP contribution < -0.4 is 0 Å². The largest absolute Gasteiger partial charge is 0.480 e. The Morgan fingerprint density at radius 2 is 2.38 bits per heavy atom. The van der Waals surface area contributed by atoms with E-state index in [-0.39, 0.29) is 0 Å². The van der Waals surface area contributed by atoms with Crippen molar-refractivity contribution in [3.63, 3.8) is 0 Å². The first-order chi connectivity index (χ1) is 6.13. The normalized spacial score (nSPS) is 12.8. The van der Waals surface area contributed by atoms with Crippen molar-refractivity contribution in [3.8, 4) is 0 Å². The third-order valence-corrected chi connectivity index (χ3v) is 2.58. The van der Waals surface area contributed by atoms with E-state index in [0.29, 0.717) is 17.5 Å². The van der Waals surface area contributed by atoms with E-state index in [9.17, 15) is 4.79 Å². The molecule has 13 heavy (non-hydrogen) atoms. The highest BCUT2D eigenvalue weighted by Crippen LogP contribution is 2.23. The summed E-state index contributed by atoms with van der Waals surface area (Å²) in [5.74, 6) is -0.411. The van der Waals surface area contributed by atoms with Gasteiger partial charge < -0.3 is 9.52 Å². The van der Waals surface area contributed by atoms with Crippen LogP contribution in [0.1, 0.15) is 19.2 Å². The Labute approximate surface area is 79.5 Å². The van der Waals surface area contributed by atoms with Crippen LogP contribution >= 0.6 is 11.8 Å². The molecule has 6 heteroatoms. The summed E-state index contributed by atoms with van der Waals surface area (Å²) < 4.78 is 5.04. The van der Waals surface area contributed by atoms with Crippen LogP contribution in [0.3, 0.4) is 0 Å². The van der Waals surface area contributed by atoms with Gasteiger partial charge in [-0.25, -0.2) is 0 Å². The predicted molar refractivity (Wildman–Crippen MR) is 46.6 cm³/mol. The fourth-order valence-corrected chi connectivity index (χ4v) is 1.52. The zero-order valence-electron chi connectivity index (χ0n) is 7.35. The molecule has 1 atom stereocenters. The van der Waals surface area contributed by atoms with Crippen molar-refractivity contribution in [1.82, 2.24) is 10.2 Å². The summed E-state index contributed by atoms with van der Waals surface area (Å²) in [6.07, 6.45) is 0.529. The number of aryl methyl sites for hydroxylation is 1. The average molecular weight is 202 g/mol. The number of aromatic nitrogens is 2. The number of nitrogens with zero attached hydrogens (tertiary/aromatic N) is 2. The van der Waals surface area contributed by atoms with Crippen LogP contribution in [0.5, 0.6) is 0 Å². The summed E-state index contributed by atoms with van der Waals surface area (Å²) in [7, 11) is 0. The van der Waals surface area contributed by atoms with Gasteiger partial charge >= 0.3 is 5.97 Å². The minimum absolute atomic E-state index is 0.312. The molecule has 0 aromatic carbocycles. The van der Waals surface area contributed by atoms with E-state index in [4.69, 9.17) is 9.52 Å². The molecule has 0 saturated carbocycles. The van der Waals surface area contributed by atoms with Crippen molar-refractivity contribution in [2.75, 3.05) is 0 Å². The number of rotatable bonds is 4. The molecule has 0 amide bonds. The topological polar surface area (TPSA) is 76.2 Å². The van der Waals surface area contributed by atoms with E-state index in [1.807, 2.05) is 0 Å². The highest BCUT2D eigenvalue weighted by atomic mass is 32.2. The van der Waals surface area contributed by atoms with Gasteiger partial charge in [0.1, 0.15) is 5.25 Å². The Bertz CT molecular complexity index is 300. The maximum absolute atomic E-state index is 10.6. The standard InChI is InChI=1S/C7H10N2O3S/c1-3-5(6(10)11)13-7-9-8-4(2)12-7/h5H,3H2,1-2H3,(H,10,11). The van der Waals surface area contributed by atoms with Gasteiger partial charge in [-0.05, 0) is 6.42 Å². The summed E-state index contributed by atoms with van der Waals surface area (Å²) in [4.78, 5) is 10.6. The van der Waals surface area contributed by atoms with Crippen LogP contribution in [0.15, 0.2) is 9.64 Å². The summed E-state index contributed by atoms with van der Waals surface area (Å²) in [5, 5.41) is 15.8. The summed E-state index contributed by atoms with van der Waals surface area (Å²) in [6.45, 7) is 3.47. The molecule has 0 aliphatic heterocycles. The molecule has 1 rings (SSSR count). The molecule has 0 saturated heterocycles. The third kappa shape index (κ3) is 2.73. The molecule has 0 bridgehead atoms. The lowest BCUT2D eigenvalue weighted by atomic mass is 10.3. The van der Waals surface area contributed by atoms with Crippen molar-refractivity contribution < 1.29 is 14.3 Å². The summed E-state index contributed by atoms with van der Waals surface area (Å²) in [5.41, 5.74) is 0. The fraction of sp³-hybridized carbons (Fsp3) is 0.571. The van der Waals surface area contributed by atoms with Crippen LogP contribution in [-0.2, 0) is 4.79 Å². The molecule has 0 aliphatic rings. The Morgan fingerprint density at radius 1 is 1.69 bits per heavy atom. The number of carbonyl (C=O) groups is 1. The Balaban J connectivity index is 2.61. The molecule has 0 spiro atoms. The van der Waals surface area contributed by atoms with E-state index >= 15 is 0 Å². The van der Waals surface area contributed by atoms with E-state index in [1.54, 1.807) is 13.8 Å². The lowest BCUT2D eigenvalue weighted by Crippen LogP contribution is -2.14. The molecule has 1 aromatic heterocycles. The molecule has 72 valence electrons. The first-order valence-electron chi connectivity index (χ1n) is 3.83. The highest BCUT2D eigenvalue weighted by molar-refractivity contribution is 8.00. The van der Waals surface area contributed by atoms with Gasteiger partial charge in [0.05, 0.1) is 0 Å². The third-order valence-electron chi connectivity index (χ3n) is 1.40. The Kier molecular flexibility index (Phi) is 3.30. The van der Waals surface area contributed by atoms with Crippen molar-refractivity contribution in [3.05, 3.63) is 5.89 Å². The monoisotopic (exact) mass is 202 g/mol. The fourth-order valence-electron chi connectivity index (χ4n) is 0.756. The van der Waals surface area contributed by atoms with Crippen molar-refractivity contribution in [2.45, 2.75) is 30.7 Å². The number of thioether (sulfide) groups is 1. The first-order valence-corrected chi connectivity index (χ1v) is 4.71. The SMILES string of the molecule is CCC(Sc1nnc(C)o1)C(=O)O. The van der Waals surface area contributed by atoms with Crippen LogP contribution in [0.2, 0.25) is 0 Å². The molecule has 5 nitrogen and oxygen atoms in total. The average Bonchev–Trinajstić information content (AvgIpc) is 2.46. The smallest absolute Gasteiger partial charge is 0.317 e. The van der Waals surface area contributed by atoms with Gasteiger partial charge in [0.2, 0.25) is 5.89 Å². The molecule has 1 aromatic rings. The minimum Gasteiger partial charge on any atom is -0.480 e. The van der Waals surface area contributed by atoms with Crippen LogP contribution in [0.4, 0.5) is 0 Å². The van der Waals surface area contributed by atoms with Gasteiger partial charge in [0, 0.05) is 6.92 Å². The van der Waals surface area contributed by atoms with Gasteiger partial charge in [-0.15, -0.1) is 10.2 Å². The lowest BCUT2D eigenvalue weighted by Gasteiger charge is -2.03. The van der Waals surface area contributed by atoms with Crippen LogP contribution in [-0.4, -0.2) is 26.5 Å². The van der Waals surface area contributed by atoms with E-state index in [2.05, 4.69) is 10.2 Å². The predicted octanol–water partition coefficient (Wildman–Crippen LogP) is 1.33. The Hall–Kier alpha value is -1.04. The molecular weight excluding hydrogens is 192 g/mol. The van der Waals surface area contributed by atoms with E-state index in [1.165, 1.54) is 0 Å². The second-order valence-corrected chi connectivity index (χ2v) is 3.59. The van der Waals surface area contributed by atoms with E-state index in [0.717, 1.165) is 11.8 Å². The minimum atomic E-state index is -0.858. The maximum Gasteiger partial charge on any atom is 0.317 e. The molecule has 1 unspecified atom stereocenters. The van der Waals surface area contributed by atoms with Crippen molar-refractivity contribution >= 4 is 17.7 Å². The van der Waals surface area contributed by atoms with Crippen molar-refractivity contribution in [2.24, 2.45) is 0 Å². The maximum atomic E-state index is 10.6. The van der Waals surface area contributed by atoms with Gasteiger partial charge in [-0.2, -0.15) is 0 Å².